The molecular weight excluding hydrogens is 434 g/mol. The van der Waals surface area contributed by atoms with Crippen molar-refractivity contribution in [1.29, 1.82) is 0 Å². The standard InChI is InChI=1S/C31H47NO3/c1-4-5-6-7-8-9-10-11-12-13-14-15-21-35-31-20-19-26(2)22-29(31)24-32(27(3)34)30-18-16-17-28(23-30)25-33/h16-20,22-23,33H,4-15,21,24-25H2,1-3H3. The van der Waals surface area contributed by atoms with Crippen molar-refractivity contribution in [2.45, 2.75) is 111 Å². The van der Waals surface area contributed by atoms with Crippen molar-refractivity contribution in [2.24, 2.45) is 0 Å². The molecule has 2 aromatic rings. The van der Waals surface area contributed by atoms with Gasteiger partial charge in [0.05, 0.1) is 19.8 Å². The lowest BCUT2D eigenvalue weighted by atomic mass is 10.1. The highest BCUT2D eigenvalue weighted by Gasteiger charge is 2.16. The van der Waals surface area contributed by atoms with Crippen molar-refractivity contribution in [2.75, 3.05) is 11.5 Å². The second kappa shape index (κ2) is 17.2. The minimum Gasteiger partial charge on any atom is -0.493 e. The number of rotatable bonds is 18. The quantitative estimate of drug-likeness (QED) is 0.219. The van der Waals surface area contributed by atoms with Gasteiger partial charge in [-0.1, -0.05) is 107 Å². The first-order valence-corrected chi connectivity index (χ1v) is 13.8. The zero-order valence-corrected chi connectivity index (χ0v) is 22.4. The fourth-order valence-electron chi connectivity index (χ4n) is 4.48. The summed E-state index contributed by atoms with van der Waals surface area (Å²) < 4.78 is 6.17. The number of carbonyl (C=O) groups excluding carboxylic acids is 1. The number of amides is 1. The molecule has 0 spiro atoms. The fraction of sp³-hybridized carbons (Fsp3) is 0.581. The number of unbranched alkanes of at least 4 members (excludes halogenated alkanes) is 11. The maximum Gasteiger partial charge on any atom is 0.224 e. The first kappa shape index (κ1) is 28.9. The van der Waals surface area contributed by atoms with E-state index in [4.69, 9.17) is 4.74 Å². The highest BCUT2D eigenvalue weighted by molar-refractivity contribution is 5.91. The number of nitrogens with zero attached hydrogens (tertiary/aromatic N) is 1. The summed E-state index contributed by atoms with van der Waals surface area (Å²) in [5.41, 5.74) is 3.73. The Morgan fingerprint density at radius 3 is 2.09 bits per heavy atom. The van der Waals surface area contributed by atoms with Gasteiger partial charge in [-0.05, 0) is 37.1 Å². The molecule has 0 aliphatic rings. The third-order valence-corrected chi connectivity index (χ3v) is 6.58. The highest BCUT2D eigenvalue weighted by Crippen LogP contribution is 2.26. The molecule has 0 atom stereocenters. The Hall–Kier alpha value is -2.33. The minimum atomic E-state index is -0.0442. The number of hydrogen-bond donors (Lipinski definition) is 1. The van der Waals surface area contributed by atoms with Gasteiger partial charge in [-0.15, -0.1) is 0 Å². The number of aliphatic hydroxyl groups is 1. The van der Waals surface area contributed by atoms with E-state index in [1.165, 1.54) is 70.6 Å². The van der Waals surface area contributed by atoms with Crippen LogP contribution in [0.4, 0.5) is 5.69 Å². The van der Waals surface area contributed by atoms with Gasteiger partial charge >= 0.3 is 0 Å². The first-order valence-electron chi connectivity index (χ1n) is 13.8. The van der Waals surface area contributed by atoms with Crippen LogP contribution in [0.1, 0.15) is 108 Å². The summed E-state index contributed by atoms with van der Waals surface area (Å²) in [6, 6.07) is 13.7. The largest absolute Gasteiger partial charge is 0.493 e. The van der Waals surface area contributed by atoms with E-state index in [9.17, 15) is 9.90 Å². The average Bonchev–Trinajstić information content (AvgIpc) is 2.86. The smallest absolute Gasteiger partial charge is 0.224 e. The summed E-state index contributed by atoms with van der Waals surface area (Å²) in [6.45, 7) is 7.01. The molecule has 1 N–H and O–H groups in total. The Balaban J connectivity index is 1.77. The Labute approximate surface area is 213 Å². The summed E-state index contributed by atoms with van der Waals surface area (Å²) in [7, 11) is 0. The van der Waals surface area contributed by atoms with Crippen LogP contribution >= 0.6 is 0 Å². The van der Waals surface area contributed by atoms with Crippen LogP contribution in [-0.4, -0.2) is 17.6 Å². The van der Waals surface area contributed by atoms with Gasteiger partial charge in [0.1, 0.15) is 5.75 Å². The van der Waals surface area contributed by atoms with Crippen molar-refractivity contribution in [1.82, 2.24) is 0 Å². The van der Waals surface area contributed by atoms with Crippen molar-refractivity contribution >= 4 is 11.6 Å². The molecule has 0 aliphatic heterocycles. The fourth-order valence-corrected chi connectivity index (χ4v) is 4.48. The number of benzene rings is 2. The van der Waals surface area contributed by atoms with Crippen LogP contribution in [0.2, 0.25) is 0 Å². The van der Waals surface area contributed by atoms with Crippen molar-refractivity contribution in [3.8, 4) is 5.75 Å². The maximum absolute atomic E-state index is 12.5. The van der Waals surface area contributed by atoms with E-state index < -0.39 is 0 Å². The topological polar surface area (TPSA) is 49.8 Å². The third kappa shape index (κ3) is 11.3. The number of aliphatic hydroxyl groups excluding tert-OH is 1. The number of carbonyl (C=O) groups is 1. The van der Waals surface area contributed by atoms with E-state index in [0.717, 1.165) is 34.5 Å². The molecular formula is C31H47NO3. The van der Waals surface area contributed by atoms with Crippen LogP contribution in [0, 0.1) is 6.92 Å². The summed E-state index contributed by atoms with van der Waals surface area (Å²) in [6.07, 6.45) is 15.9. The van der Waals surface area contributed by atoms with Crippen molar-refractivity contribution < 1.29 is 14.6 Å². The normalized spacial score (nSPS) is 11.0. The molecule has 0 aliphatic carbocycles. The lowest BCUT2D eigenvalue weighted by Crippen LogP contribution is -2.28. The summed E-state index contributed by atoms with van der Waals surface area (Å²) >= 11 is 0. The van der Waals surface area contributed by atoms with Crippen LogP contribution in [-0.2, 0) is 17.9 Å². The maximum atomic E-state index is 12.5. The van der Waals surface area contributed by atoms with Gasteiger partial charge < -0.3 is 14.7 Å². The molecule has 0 saturated carbocycles. The molecule has 0 saturated heterocycles. The van der Waals surface area contributed by atoms with Crippen LogP contribution in [0.25, 0.3) is 0 Å². The number of ether oxygens (including phenoxy) is 1. The molecule has 0 radical (unpaired) electrons. The predicted octanol–water partition coefficient (Wildman–Crippen LogP) is 8.12. The van der Waals surface area contributed by atoms with Gasteiger partial charge in [0.2, 0.25) is 5.91 Å². The summed E-state index contributed by atoms with van der Waals surface area (Å²) in [4.78, 5) is 14.2. The van der Waals surface area contributed by atoms with Crippen LogP contribution in [0.15, 0.2) is 42.5 Å². The summed E-state index contributed by atoms with van der Waals surface area (Å²) in [5.74, 6) is 0.816. The van der Waals surface area contributed by atoms with E-state index in [0.29, 0.717) is 13.2 Å². The average molecular weight is 482 g/mol. The second-order valence-electron chi connectivity index (χ2n) is 9.78. The Bertz CT molecular complexity index is 864. The number of anilines is 1. The molecule has 2 aromatic carbocycles. The van der Waals surface area contributed by atoms with Gasteiger partial charge in [-0.25, -0.2) is 0 Å². The molecule has 2 rings (SSSR count). The van der Waals surface area contributed by atoms with Crippen LogP contribution in [0.5, 0.6) is 5.75 Å². The van der Waals surface area contributed by atoms with Gasteiger partial charge in [0.15, 0.2) is 0 Å². The van der Waals surface area contributed by atoms with Crippen LogP contribution in [0.3, 0.4) is 0 Å². The summed E-state index contributed by atoms with van der Waals surface area (Å²) in [5, 5.41) is 9.48. The molecule has 0 aromatic heterocycles. The predicted molar refractivity (Wildman–Crippen MR) is 147 cm³/mol. The van der Waals surface area contributed by atoms with E-state index >= 15 is 0 Å². The third-order valence-electron chi connectivity index (χ3n) is 6.58. The molecule has 194 valence electrons. The van der Waals surface area contributed by atoms with Crippen molar-refractivity contribution in [3.05, 3.63) is 59.2 Å². The molecule has 0 unspecified atom stereocenters. The van der Waals surface area contributed by atoms with E-state index in [1.807, 2.05) is 30.3 Å². The molecule has 0 heterocycles. The molecule has 35 heavy (non-hydrogen) atoms. The SMILES string of the molecule is CCCCCCCCCCCCCCOc1ccc(C)cc1CN(C(C)=O)c1cccc(CO)c1. The minimum absolute atomic E-state index is 0.0338. The van der Waals surface area contributed by atoms with Gasteiger partial charge in [0, 0.05) is 18.2 Å². The highest BCUT2D eigenvalue weighted by atomic mass is 16.5. The van der Waals surface area contributed by atoms with Crippen LogP contribution < -0.4 is 9.64 Å². The number of hydrogen-bond acceptors (Lipinski definition) is 3. The monoisotopic (exact) mass is 481 g/mol. The van der Waals surface area contributed by atoms with E-state index in [-0.39, 0.29) is 12.5 Å². The van der Waals surface area contributed by atoms with Crippen molar-refractivity contribution in [3.63, 3.8) is 0 Å². The molecule has 0 bridgehead atoms. The lowest BCUT2D eigenvalue weighted by Gasteiger charge is -2.23. The molecule has 4 nitrogen and oxygen atoms in total. The molecule has 0 fully saturated rings. The molecule has 4 heteroatoms. The zero-order valence-electron chi connectivity index (χ0n) is 22.4. The Morgan fingerprint density at radius 2 is 1.49 bits per heavy atom. The van der Waals surface area contributed by atoms with Gasteiger partial charge in [-0.2, -0.15) is 0 Å². The lowest BCUT2D eigenvalue weighted by molar-refractivity contribution is -0.116. The second-order valence-corrected chi connectivity index (χ2v) is 9.78. The first-order chi connectivity index (χ1) is 17.0. The zero-order chi connectivity index (χ0) is 25.3. The van der Waals surface area contributed by atoms with E-state index in [2.05, 4.69) is 26.0 Å². The Morgan fingerprint density at radius 1 is 0.857 bits per heavy atom. The van der Waals surface area contributed by atoms with Gasteiger partial charge in [0.25, 0.3) is 0 Å². The van der Waals surface area contributed by atoms with Gasteiger partial charge in [-0.3, -0.25) is 4.79 Å². The molecule has 1 amide bonds. The number of aryl methyl sites for hydroxylation is 1. The van der Waals surface area contributed by atoms with E-state index in [1.54, 1.807) is 11.8 Å². The Kier molecular flexibility index (Phi) is 14.2.